The number of methoxy groups -OCH3 is 1. The van der Waals surface area contributed by atoms with Gasteiger partial charge >= 0.3 is 5.97 Å². The van der Waals surface area contributed by atoms with Crippen LogP contribution in [0.4, 0.5) is 0 Å². The summed E-state index contributed by atoms with van der Waals surface area (Å²) in [6, 6.07) is 4.71. The number of rotatable bonds is 6. The molecule has 0 atom stereocenters. The van der Waals surface area contributed by atoms with Crippen molar-refractivity contribution < 1.29 is 23.8 Å². The maximum absolute atomic E-state index is 11.9. The average molecular weight is 252 g/mol. The summed E-state index contributed by atoms with van der Waals surface area (Å²) in [6.07, 6.45) is 0. The first kappa shape index (κ1) is 14.0. The highest BCUT2D eigenvalue weighted by molar-refractivity contribution is 6.41. The summed E-state index contributed by atoms with van der Waals surface area (Å²) in [5, 5.41) is 0. The summed E-state index contributed by atoms with van der Waals surface area (Å²) >= 11 is 0. The Hall–Kier alpha value is -2.04. The Morgan fingerprint density at radius 1 is 1.17 bits per heavy atom. The SMILES string of the molecule is CCOC(=O)C(=O)c1cc(OC)ccc1OCC. The molecule has 0 bridgehead atoms. The first-order chi connectivity index (χ1) is 8.63. The molecule has 98 valence electrons. The molecule has 0 saturated heterocycles. The minimum atomic E-state index is -0.897. The van der Waals surface area contributed by atoms with Gasteiger partial charge in [0.2, 0.25) is 0 Å². The molecule has 1 rings (SSSR count). The van der Waals surface area contributed by atoms with E-state index in [2.05, 4.69) is 4.74 Å². The number of benzene rings is 1. The lowest BCUT2D eigenvalue weighted by atomic mass is 10.1. The van der Waals surface area contributed by atoms with Gasteiger partial charge in [0, 0.05) is 0 Å². The highest BCUT2D eigenvalue weighted by Gasteiger charge is 2.22. The molecular weight excluding hydrogens is 236 g/mol. The average Bonchev–Trinajstić information content (AvgIpc) is 2.39. The molecule has 1 aromatic carbocycles. The Bertz CT molecular complexity index is 439. The van der Waals surface area contributed by atoms with Gasteiger partial charge in [-0.05, 0) is 32.0 Å². The molecule has 1 aromatic rings. The lowest BCUT2D eigenvalue weighted by Crippen LogP contribution is -2.18. The molecule has 0 unspecified atom stereocenters. The van der Waals surface area contributed by atoms with Crippen molar-refractivity contribution in [1.29, 1.82) is 0 Å². The predicted molar refractivity (Wildman–Crippen MR) is 65.1 cm³/mol. The number of ketones is 1. The van der Waals surface area contributed by atoms with E-state index in [1.807, 2.05) is 0 Å². The normalized spacial score (nSPS) is 9.72. The van der Waals surface area contributed by atoms with E-state index in [1.165, 1.54) is 13.2 Å². The molecule has 0 aliphatic rings. The van der Waals surface area contributed by atoms with Crippen LogP contribution in [0.25, 0.3) is 0 Å². The quantitative estimate of drug-likeness (QED) is 0.439. The molecule has 18 heavy (non-hydrogen) atoms. The number of carbonyl (C=O) groups is 2. The first-order valence-electron chi connectivity index (χ1n) is 5.66. The zero-order chi connectivity index (χ0) is 13.5. The van der Waals surface area contributed by atoms with Crippen molar-refractivity contribution in [1.82, 2.24) is 0 Å². The van der Waals surface area contributed by atoms with Crippen LogP contribution in [0.5, 0.6) is 11.5 Å². The van der Waals surface area contributed by atoms with E-state index in [1.54, 1.807) is 26.0 Å². The second-order valence-corrected chi connectivity index (χ2v) is 3.34. The van der Waals surface area contributed by atoms with Crippen LogP contribution < -0.4 is 9.47 Å². The van der Waals surface area contributed by atoms with Gasteiger partial charge < -0.3 is 14.2 Å². The maximum Gasteiger partial charge on any atom is 0.379 e. The first-order valence-corrected chi connectivity index (χ1v) is 5.66. The Kier molecular flexibility index (Phi) is 5.17. The van der Waals surface area contributed by atoms with E-state index in [-0.39, 0.29) is 12.2 Å². The minimum Gasteiger partial charge on any atom is -0.497 e. The number of ether oxygens (including phenoxy) is 3. The molecule has 0 aromatic heterocycles. The van der Waals surface area contributed by atoms with Crippen LogP contribution in [-0.4, -0.2) is 32.1 Å². The summed E-state index contributed by atoms with van der Waals surface area (Å²) in [5.74, 6) is -0.812. The van der Waals surface area contributed by atoms with Crippen LogP contribution in [0.1, 0.15) is 24.2 Å². The van der Waals surface area contributed by atoms with E-state index >= 15 is 0 Å². The Morgan fingerprint density at radius 2 is 1.89 bits per heavy atom. The van der Waals surface area contributed by atoms with Gasteiger partial charge in [0.25, 0.3) is 5.78 Å². The fourth-order valence-corrected chi connectivity index (χ4v) is 1.40. The lowest BCUT2D eigenvalue weighted by molar-refractivity contribution is -0.137. The van der Waals surface area contributed by atoms with Gasteiger partial charge in [-0.25, -0.2) is 4.79 Å². The zero-order valence-corrected chi connectivity index (χ0v) is 10.7. The van der Waals surface area contributed by atoms with Crippen LogP contribution in [0, 0.1) is 0 Å². The molecule has 0 aliphatic heterocycles. The molecule has 0 fully saturated rings. The van der Waals surface area contributed by atoms with Crippen molar-refractivity contribution in [2.24, 2.45) is 0 Å². The maximum atomic E-state index is 11.9. The smallest absolute Gasteiger partial charge is 0.379 e. The third-order valence-corrected chi connectivity index (χ3v) is 2.19. The van der Waals surface area contributed by atoms with Gasteiger partial charge in [0.15, 0.2) is 0 Å². The largest absolute Gasteiger partial charge is 0.497 e. The Balaban J connectivity index is 3.09. The lowest BCUT2D eigenvalue weighted by Gasteiger charge is -2.10. The fraction of sp³-hybridized carbons (Fsp3) is 0.385. The monoisotopic (exact) mass is 252 g/mol. The van der Waals surface area contributed by atoms with E-state index < -0.39 is 11.8 Å². The van der Waals surface area contributed by atoms with E-state index in [0.29, 0.717) is 18.1 Å². The second-order valence-electron chi connectivity index (χ2n) is 3.34. The van der Waals surface area contributed by atoms with E-state index in [9.17, 15) is 9.59 Å². The van der Waals surface area contributed by atoms with Crippen LogP contribution in [0.15, 0.2) is 18.2 Å². The van der Waals surface area contributed by atoms with E-state index in [0.717, 1.165) is 0 Å². The molecule has 5 nitrogen and oxygen atoms in total. The predicted octanol–water partition coefficient (Wildman–Crippen LogP) is 1.84. The van der Waals surface area contributed by atoms with Gasteiger partial charge in [-0.15, -0.1) is 0 Å². The van der Waals surface area contributed by atoms with Crippen molar-refractivity contribution in [2.45, 2.75) is 13.8 Å². The van der Waals surface area contributed by atoms with Gasteiger partial charge in [-0.1, -0.05) is 0 Å². The highest BCUT2D eigenvalue weighted by Crippen LogP contribution is 2.25. The summed E-state index contributed by atoms with van der Waals surface area (Å²) < 4.78 is 15.0. The third kappa shape index (κ3) is 3.23. The molecule has 0 radical (unpaired) electrons. The van der Waals surface area contributed by atoms with Crippen LogP contribution >= 0.6 is 0 Å². The van der Waals surface area contributed by atoms with E-state index in [4.69, 9.17) is 9.47 Å². The van der Waals surface area contributed by atoms with Gasteiger partial charge in [0.1, 0.15) is 11.5 Å². The molecule has 0 aliphatic carbocycles. The molecule has 0 spiro atoms. The minimum absolute atomic E-state index is 0.148. The zero-order valence-electron chi connectivity index (χ0n) is 10.7. The van der Waals surface area contributed by atoms with Crippen molar-refractivity contribution in [3.05, 3.63) is 23.8 Å². The van der Waals surface area contributed by atoms with Crippen molar-refractivity contribution in [3.63, 3.8) is 0 Å². The number of hydrogen-bond acceptors (Lipinski definition) is 5. The highest BCUT2D eigenvalue weighted by atomic mass is 16.5. The molecule has 0 saturated carbocycles. The van der Waals surface area contributed by atoms with Gasteiger partial charge in [0.05, 0.1) is 25.9 Å². The van der Waals surface area contributed by atoms with Gasteiger partial charge in [-0.3, -0.25) is 4.79 Å². The molecule has 0 heterocycles. The van der Waals surface area contributed by atoms with Crippen LogP contribution in [0.2, 0.25) is 0 Å². The van der Waals surface area contributed by atoms with Crippen LogP contribution in [-0.2, 0) is 9.53 Å². The topological polar surface area (TPSA) is 61.8 Å². The molecular formula is C13H16O5. The number of hydrogen-bond donors (Lipinski definition) is 0. The second kappa shape index (κ2) is 6.64. The summed E-state index contributed by atoms with van der Waals surface area (Å²) in [7, 11) is 1.48. The summed E-state index contributed by atoms with van der Waals surface area (Å²) in [4.78, 5) is 23.3. The number of Topliss-reactive ketones (excluding diaryl/α,β-unsaturated/α-hetero) is 1. The summed E-state index contributed by atoms with van der Waals surface area (Å²) in [5.41, 5.74) is 0.148. The molecule has 0 N–H and O–H groups in total. The molecule has 5 heteroatoms. The standard InChI is InChI=1S/C13H16O5/c1-4-17-11-7-6-9(16-3)8-10(11)12(14)13(15)18-5-2/h6-8H,4-5H2,1-3H3. The van der Waals surface area contributed by atoms with Crippen LogP contribution in [0.3, 0.4) is 0 Å². The van der Waals surface area contributed by atoms with Crippen molar-refractivity contribution >= 4 is 11.8 Å². The Morgan fingerprint density at radius 3 is 2.44 bits per heavy atom. The summed E-state index contributed by atoms with van der Waals surface area (Å²) in [6.45, 7) is 3.98. The molecule has 0 amide bonds. The fourth-order valence-electron chi connectivity index (χ4n) is 1.40. The van der Waals surface area contributed by atoms with Crippen molar-refractivity contribution in [3.8, 4) is 11.5 Å². The number of esters is 1. The number of carbonyl (C=O) groups excluding carboxylic acids is 2. The van der Waals surface area contributed by atoms with Crippen molar-refractivity contribution in [2.75, 3.05) is 20.3 Å². The Labute approximate surface area is 106 Å². The van der Waals surface area contributed by atoms with Gasteiger partial charge in [-0.2, -0.15) is 0 Å². The third-order valence-electron chi connectivity index (χ3n) is 2.19.